The van der Waals surface area contributed by atoms with Crippen LogP contribution in [0.3, 0.4) is 0 Å². The van der Waals surface area contributed by atoms with Gasteiger partial charge in [-0.05, 0) is 23.5 Å². The smallest absolute Gasteiger partial charge is 0.201 e. The Balaban J connectivity index is 2.22. The Hall–Kier alpha value is 0.177. The lowest BCUT2D eigenvalue weighted by molar-refractivity contribution is 0.264. The van der Waals surface area contributed by atoms with Crippen molar-refractivity contribution in [2.75, 3.05) is 6.61 Å². The molecule has 0 heterocycles. The van der Waals surface area contributed by atoms with Crippen LogP contribution in [0.15, 0.2) is 0 Å². The molecule has 0 bridgehead atoms. The largest absolute Gasteiger partial charge is 0.416 e. The van der Waals surface area contributed by atoms with E-state index in [1.807, 2.05) is 0 Å². The van der Waals surface area contributed by atoms with E-state index in [4.69, 9.17) is 4.43 Å². The van der Waals surface area contributed by atoms with Crippen LogP contribution in [-0.2, 0) is 4.43 Å². The maximum atomic E-state index is 6.71. The molecule has 2 aliphatic rings. The van der Waals surface area contributed by atoms with Gasteiger partial charge in [0.05, 0.1) is 0 Å². The van der Waals surface area contributed by atoms with Crippen molar-refractivity contribution in [2.45, 2.75) is 102 Å². The average molecular weight is 283 g/mol. The monoisotopic (exact) mass is 282 g/mol. The molecule has 0 saturated heterocycles. The quantitative estimate of drug-likeness (QED) is 0.558. The Labute approximate surface area is 121 Å². The van der Waals surface area contributed by atoms with Gasteiger partial charge >= 0.3 is 0 Å². The molecular formula is C17H34OSi. The molecule has 0 amide bonds. The van der Waals surface area contributed by atoms with E-state index in [1.165, 1.54) is 64.2 Å². The number of rotatable bonds is 5. The minimum Gasteiger partial charge on any atom is -0.416 e. The third-order valence-corrected chi connectivity index (χ3v) is 12.1. The van der Waals surface area contributed by atoms with E-state index >= 15 is 0 Å². The highest BCUT2D eigenvalue weighted by Crippen LogP contribution is 2.53. The van der Waals surface area contributed by atoms with Crippen molar-refractivity contribution in [2.24, 2.45) is 0 Å². The Morgan fingerprint density at radius 1 is 0.842 bits per heavy atom. The van der Waals surface area contributed by atoms with Gasteiger partial charge in [-0.1, -0.05) is 78.1 Å². The summed E-state index contributed by atoms with van der Waals surface area (Å²) in [5.41, 5.74) is 2.73. The lowest BCUT2D eigenvalue weighted by atomic mass is 9.99. The highest BCUT2D eigenvalue weighted by molar-refractivity contribution is 6.78. The molecule has 2 fully saturated rings. The maximum Gasteiger partial charge on any atom is 0.201 e. The fraction of sp³-hybridized carbons (Fsp3) is 1.00. The number of hydrogen-bond acceptors (Lipinski definition) is 1. The molecular weight excluding hydrogens is 248 g/mol. The van der Waals surface area contributed by atoms with E-state index in [-0.39, 0.29) is 0 Å². The zero-order valence-electron chi connectivity index (χ0n) is 13.4. The second kappa shape index (κ2) is 7.26. The van der Waals surface area contributed by atoms with Gasteiger partial charge in [0.2, 0.25) is 8.32 Å². The van der Waals surface area contributed by atoms with Gasteiger partial charge in [0.1, 0.15) is 0 Å². The zero-order valence-corrected chi connectivity index (χ0v) is 14.4. The van der Waals surface area contributed by atoms with Crippen LogP contribution in [0.4, 0.5) is 0 Å². The van der Waals surface area contributed by atoms with E-state index in [0.717, 1.165) is 23.2 Å². The summed E-state index contributed by atoms with van der Waals surface area (Å²) in [7, 11) is -1.57. The van der Waals surface area contributed by atoms with Crippen LogP contribution in [0.2, 0.25) is 16.6 Å². The Kier molecular flexibility index (Phi) is 5.95. The fourth-order valence-electron chi connectivity index (χ4n) is 5.04. The maximum absolute atomic E-state index is 6.71. The summed E-state index contributed by atoms with van der Waals surface area (Å²) >= 11 is 0. The molecule has 0 unspecified atom stereocenters. The second-order valence-corrected chi connectivity index (χ2v) is 11.9. The van der Waals surface area contributed by atoms with Crippen molar-refractivity contribution in [3.63, 3.8) is 0 Å². The van der Waals surface area contributed by atoms with Gasteiger partial charge in [-0.25, -0.2) is 0 Å². The van der Waals surface area contributed by atoms with Crippen LogP contribution in [0, 0.1) is 0 Å². The molecule has 112 valence electrons. The Morgan fingerprint density at radius 3 is 1.58 bits per heavy atom. The van der Waals surface area contributed by atoms with Crippen molar-refractivity contribution in [1.82, 2.24) is 0 Å². The van der Waals surface area contributed by atoms with Gasteiger partial charge in [0.15, 0.2) is 0 Å². The summed E-state index contributed by atoms with van der Waals surface area (Å²) in [4.78, 5) is 0. The molecule has 0 aromatic rings. The normalized spacial score (nSPS) is 24.0. The van der Waals surface area contributed by atoms with Crippen molar-refractivity contribution in [3.8, 4) is 0 Å². The predicted octanol–water partition coefficient (Wildman–Crippen LogP) is 6.05. The van der Waals surface area contributed by atoms with Crippen LogP contribution in [0.25, 0.3) is 0 Å². The molecule has 0 spiro atoms. The first-order chi connectivity index (χ1) is 9.21. The molecule has 0 atom stereocenters. The molecule has 2 aliphatic carbocycles. The van der Waals surface area contributed by atoms with E-state index < -0.39 is 8.32 Å². The lowest BCUT2D eigenvalue weighted by Gasteiger charge is -2.49. The summed E-state index contributed by atoms with van der Waals surface area (Å²) in [6.45, 7) is 8.14. The Morgan fingerprint density at radius 2 is 1.26 bits per heavy atom. The van der Waals surface area contributed by atoms with Crippen molar-refractivity contribution < 1.29 is 4.43 Å². The van der Waals surface area contributed by atoms with Crippen LogP contribution in [0.5, 0.6) is 0 Å². The lowest BCUT2D eigenvalue weighted by Crippen LogP contribution is -2.52. The first-order valence-electron chi connectivity index (χ1n) is 8.85. The minimum atomic E-state index is -1.57. The van der Waals surface area contributed by atoms with Gasteiger partial charge in [-0.3, -0.25) is 0 Å². The van der Waals surface area contributed by atoms with Gasteiger partial charge in [-0.15, -0.1) is 0 Å². The molecule has 0 aliphatic heterocycles. The summed E-state index contributed by atoms with van der Waals surface area (Å²) in [5, 5.41) is 0. The molecule has 2 rings (SSSR count). The average Bonchev–Trinajstić information content (AvgIpc) is 2.46. The van der Waals surface area contributed by atoms with E-state index in [9.17, 15) is 0 Å². The van der Waals surface area contributed by atoms with Gasteiger partial charge in [-0.2, -0.15) is 0 Å². The molecule has 1 nitrogen and oxygen atoms in total. The molecule has 0 radical (unpaired) electrons. The van der Waals surface area contributed by atoms with Crippen LogP contribution < -0.4 is 0 Å². The van der Waals surface area contributed by atoms with E-state index in [1.54, 1.807) is 0 Å². The topological polar surface area (TPSA) is 9.23 Å². The standard InChI is InChI=1S/C17H34OSi/c1-4-18-19(15(2)3,16-11-7-5-8-12-16)17-13-9-6-10-14-17/h15-17H,4-14H2,1-3H3. The van der Waals surface area contributed by atoms with Gasteiger partial charge in [0, 0.05) is 6.61 Å². The molecule has 2 heteroatoms. The van der Waals surface area contributed by atoms with Crippen molar-refractivity contribution in [3.05, 3.63) is 0 Å². The SMILES string of the molecule is CCO[Si](C(C)C)(C1CCCCC1)C1CCCCC1. The summed E-state index contributed by atoms with van der Waals surface area (Å²) in [6, 6.07) is 0. The minimum absolute atomic E-state index is 0.804. The molecule has 0 aromatic heterocycles. The third kappa shape index (κ3) is 3.26. The molecule has 0 aromatic carbocycles. The molecule has 0 N–H and O–H groups in total. The van der Waals surface area contributed by atoms with E-state index in [0.29, 0.717) is 0 Å². The van der Waals surface area contributed by atoms with Crippen LogP contribution in [0.1, 0.15) is 85.0 Å². The van der Waals surface area contributed by atoms with Gasteiger partial charge < -0.3 is 4.43 Å². The highest BCUT2D eigenvalue weighted by atomic mass is 28.4. The predicted molar refractivity (Wildman–Crippen MR) is 86.1 cm³/mol. The first kappa shape index (κ1) is 15.6. The molecule has 2 saturated carbocycles. The molecule has 19 heavy (non-hydrogen) atoms. The van der Waals surface area contributed by atoms with E-state index in [2.05, 4.69) is 20.8 Å². The second-order valence-electron chi connectivity index (χ2n) is 7.11. The van der Waals surface area contributed by atoms with Crippen molar-refractivity contribution in [1.29, 1.82) is 0 Å². The van der Waals surface area contributed by atoms with Crippen LogP contribution in [-0.4, -0.2) is 14.9 Å². The third-order valence-electron chi connectivity index (χ3n) is 5.78. The zero-order chi connectivity index (χ0) is 13.7. The summed E-state index contributed by atoms with van der Waals surface area (Å²) < 4.78 is 6.71. The first-order valence-corrected chi connectivity index (χ1v) is 11.0. The Bertz CT molecular complexity index is 234. The summed E-state index contributed by atoms with van der Waals surface area (Å²) in [5.74, 6) is 0. The van der Waals surface area contributed by atoms with Crippen LogP contribution >= 0.6 is 0 Å². The summed E-state index contributed by atoms with van der Waals surface area (Å²) in [6.07, 6.45) is 14.7. The van der Waals surface area contributed by atoms with Gasteiger partial charge in [0.25, 0.3) is 0 Å². The fourth-order valence-corrected chi connectivity index (χ4v) is 11.5. The van der Waals surface area contributed by atoms with Crippen molar-refractivity contribution >= 4 is 8.32 Å². The highest BCUT2D eigenvalue weighted by Gasteiger charge is 2.51. The number of hydrogen-bond donors (Lipinski definition) is 0.